The van der Waals surface area contributed by atoms with Gasteiger partial charge in [-0.2, -0.15) is 0 Å². The Balaban J connectivity index is 2.00. The summed E-state index contributed by atoms with van der Waals surface area (Å²) in [6, 6.07) is 11.6. The van der Waals surface area contributed by atoms with Crippen molar-refractivity contribution in [2.24, 2.45) is 0 Å². The van der Waals surface area contributed by atoms with Crippen LogP contribution in [0.25, 0.3) is 54.6 Å². The Hall–Kier alpha value is -2.34. The summed E-state index contributed by atoms with van der Waals surface area (Å²) in [7, 11) is 0. The van der Waals surface area contributed by atoms with Gasteiger partial charge in [-0.3, -0.25) is 8.75 Å². The van der Waals surface area contributed by atoms with E-state index in [-0.39, 0.29) is 0 Å². The molecule has 6 rings (SSSR count). The van der Waals surface area contributed by atoms with Gasteiger partial charge in [-0.1, -0.05) is 35.3 Å². The maximum absolute atomic E-state index is 6.16. The van der Waals surface area contributed by atoms with Crippen LogP contribution in [0, 0.1) is 0 Å². The number of aromatic amines is 2. The van der Waals surface area contributed by atoms with Gasteiger partial charge in [0.25, 0.3) is 0 Å². The predicted octanol–water partition coefficient (Wildman–Crippen LogP) is 6.27. The summed E-state index contributed by atoms with van der Waals surface area (Å²) < 4.78 is 6.75. The van der Waals surface area contributed by atoms with Gasteiger partial charge in [-0.15, -0.1) is 0 Å². The number of benzene rings is 3. The number of halogens is 2. The van der Waals surface area contributed by atoms with E-state index in [1.807, 2.05) is 36.4 Å². The molecule has 0 aliphatic rings. The molecule has 120 valence electrons. The third kappa shape index (κ3) is 1.73. The first kappa shape index (κ1) is 13.9. The first-order valence-electron chi connectivity index (χ1n) is 7.66. The monoisotopic (exact) mass is 382 g/mol. The fraction of sp³-hybridized carbons (Fsp3) is 0. The van der Waals surface area contributed by atoms with Crippen molar-refractivity contribution in [2.45, 2.75) is 0 Å². The highest BCUT2D eigenvalue weighted by molar-refractivity contribution is 7.00. The van der Waals surface area contributed by atoms with E-state index in [2.05, 4.69) is 8.75 Å². The van der Waals surface area contributed by atoms with Crippen LogP contribution in [0.4, 0.5) is 0 Å². The van der Waals surface area contributed by atoms with Gasteiger partial charge in [0.05, 0.1) is 22.1 Å². The van der Waals surface area contributed by atoms with Gasteiger partial charge in [-0.25, -0.2) is 9.97 Å². The van der Waals surface area contributed by atoms with Crippen molar-refractivity contribution in [2.75, 3.05) is 0 Å². The lowest BCUT2D eigenvalue weighted by Crippen LogP contribution is -1.78. The molecule has 0 aliphatic carbocycles. The number of nitrogens with one attached hydrogen (secondary N) is 2. The zero-order chi connectivity index (χ0) is 16.7. The Bertz CT molecular complexity index is 1360. The molecule has 0 unspecified atom stereocenters. The molecule has 0 radical (unpaired) electrons. The molecule has 3 aromatic heterocycles. The molecule has 25 heavy (non-hydrogen) atoms. The van der Waals surface area contributed by atoms with Crippen molar-refractivity contribution in [3.05, 3.63) is 46.4 Å². The van der Waals surface area contributed by atoms with Gasteiger partial charge in [0.1, 0.15) is 11.0 Å². The Kier molecular flexibility index (Phi) is 2.58. The van der Waals surface area contributed by atoms with Gasteiger partial charge in [-0.05, 0) is 24.3 Å². The minimum absolute atomic E-state index is 0.677. The average molecular weight is 383 g/mol. The quantitative estimate of drug-likeness (QED) is 0.325. The molecule has 3 heterocycles. The summed E-state index contributed by atoms with van der Waals surface area (Å²) in [6.45, 7) is 0. The van der Waals surface area contributed by atoms with E-state index < -0.39 is 0 Å². The number of hydrogen-bond donors (Lipinski definition) is 2. The van der Waals surface area contributed by atoms with E-state index in [1.165, 1.54) is 11.7 Å². The summed E-state index contributed by atoms with van der Waals surface area (Å²) in [6.07, 6.45) is 0. The number of H-pyrrole nitrogens is 2. The molecular weight excluding hydrogens is 375 g/mol. The molecule has 3 aromatic carbocycles. The van der Waals surface area contributed by atoms with Crippen LogP contribution in [0.3, 0.4) is 0 Å². The maximum Gasteiger partial charge on any atom is 0.100 e. The highest BCUT2D eigenvalue weighted by atomic mass is 35.5. The molecule has 0 fully saturated rings. The average Bonchev–Trinajstić information content (AvgIpc) is 3.26. The number of fused-ring (bicyclic) bond motifs is 10. The zero-order valence-electron chi connectivity index (χ0n) is 12.5. The third-order valence-corrected chi connectivity index (χ3v) is 5.76. The number of hydrogen-bond acceptors (Lipinski definition) is 3. The van der Waals surface area contributed by atoms with Crippen LogP contribution >= 0.6 is 34.9 Å². The minimum atomic E-state index is 0.677. The predicted molar refractivity (Wildman–Crippen MR) is 106 cm³/mol. The molecule has 0 spiro atoms. The van der Waals surface area contributed by atoms with Crippen molar-refractivity contribution in [3.63, 3.8) is 0 Å². The standard InChI is InChI=1S/C18H8Cl2N4S/c19-7-1-3-9-11(5-7)21-15-13(9)17-18(24-25-23-17)14-10-4-2-8(20)6-12(10)22-16(14)15/h1-6,23-24H. The van der Waals surface area contributed by atoms with Gasteiger partial charge < -0.3 is 0 Å². The smallest absolute Gasteiger partial charge is 0.100 e. The molecule has 0 saturated heterocycles. The highest BCUT2D eigenvalue weighted by Gasteiger charge is 2.20. The maximum atomic E-state index is 6.16. The summed E-state index contributed by atoms with van der Waals surface area (Å²) in [5.41, 5.74) is 5.61. The topological polar surface area (TPSA) is 57.4 Å². The van der Waals surface area contributed by atoms with E-state index >= 15 is 0 Å². The lowest BCUT2D eigenvalue weighted by atomic mass is 10.1. The fourth-order valence-corrected chi connectivity index (χ4v) is 4.65. The third-order valence-electron chi connectivity index (χ3n) is 4.68. The van der Waals surface area contributed by atoms with E-state index in [0.717, 1.165) is 54.6 Å². The number of aromatic nitrogens is 4. The number of rotatable bonds is 0. The van der Waals surface area contributed by atoms with E-state index in [9.17, 15) is 0 Å². The van der Waals surface area contributed by atoms with Crippen molar-refractivity contribution >= 4 is 89.6 Å². The van der Waals surface area contributed by atoms with Gasteiger partial charge in [0.15, 0.2) is 0 Å². The SMILES string of the molecule is Clc1ccc2c(c1)nc1c3nc4cc(Cl)ccc4c3c3[nH]s[nH]c3c21. The molecule has 0 bridgehead atoms. The molecule has 6 aromatic rings. The first-order valence-corrected chi connectivity index (χ1v) is 9.23. The van der Waals surface area contributed by atoms with Crippen molar-refractivity contribution in [1.82, 2.24) is 18.7 Å². The summed E-state index contributed by atoms with van der Waals surface area (Å²) in [4.78, 5) is 9.68. The largest absolute Gasteiger partial charge is 0.294 e. The van der Waals surface area contributed by atoms with Crippen LogP contribution in [0.2, 0.25) is 10.0 Å². The minimum Gasteiger partial charge on any atom is -0.294 e. The Morgan fingerprint density at radius 3 is 1.68 bits per heavy atom. The van der Waals surface area contributed by atoms with Crippen LogP contribution in [0.1, 0.15) is 0 Å². The summed E-state index contributed by atoms with van der Waals surface area (Å²) >= 11 is 13.8. The summed E-state index contributed by atoms with van der Waals surface area (Å²) in [5.74, 6) is 0. The molecule has 0 atom stereocenters. The Morgan fingerprint density at radius 1 is 0.720 bits per heavy atom. The van der Waals surface area contributed by atoms with Gasteiger partial charge in [0, 0.05) is 43.3 Å². The van der Waals surface area contributed by atoms with E-state index in [4.69, 9.17) is 33.2 Å². The lowest BCUT2D eigenvalue weighted by molar-refractivity contribution is 1.51. The molecule has 4 nitrogen and oxygen atoms in total. The zero-order valence-corrected chi connectivity index (χ0v) is 14.9. The molecular formula is C18H8Cl2N4S. The lowest BCUT2D eigenvalue weighted by Gasteiger charge is -1.98. The van der Waals surface area contributed by atoms with E-state index in [0.29, 0.717) is 10.0 Å². The molecule has 0 aliphatic heterocycles. The first-order chi connectivity index (χ1) is 12.2. The highest BCUT2D eigenvalue weighted by Crippen LogP contribution is 2.41. The second kappa shape index (κ2) is 4.64. The molecule has 7 heteroatoms. The normalized spacial score (nSPS) is 12.4. The van der Waals surface area contributed by atoms with Crippen LogP contribution in [-0.2, 0) is 0 Å². The summed E-state index contributed by atoms with van der Waals surface area (Å²) in [5, 5.41) is 5.63. The molecule has 2 N–H and O–H groups in total. The second-order valence-corrected chi connectivity index (χ2v) is 7.54. The fourth-order valence-electron chi connectivity index (χ4n) is 3.66. The van der Waals surface area contributed by atoms with Crippen LogP contribution < -0.4 is 0 Å². The van der Waals surface area contributed by atoms with Gasteiger partial charge >= 0.3 is 0 Å². The number of nitrogens with zero attached hydrogens (tertiary/aromatic N) is 2. The van der Waals surface area contributed by atoms with Crippen LogP contribution in [-0.4, -0.2) is 18.7 Å². The van der Waals surface area contributed by atoms with Crippen LogP contribution in [0.5, 0.6) is 0 Å². The van der Waals surface area contributed by atoms with Gasteiger partial charge in [0.2, 0.25) is 0 Å². The van der Waals surface area contributed by atoms with Crippen molar-refractivity contribution in [1.29, 1.82) is 0 Å². The van der Waals surface area contributed by atoms with E-state index in [1.54, 1.807) is 0 Å². The molecule has 0 saturated carbocycles. The van der Waals surface area contributed by atoms with Crippen LogP contribution in [0.15, 0.2) is 36.4 Å². The van der Waals surface area contributed by atoms with Crippen molar-refractivity contribution in [3.8, 4) is 0 Å². The Labute approximate surface area is 154 Å². The Morgan fingerprint density at radius 2 is 1.20 bits per heavy atom. The second-order valence-electron chi connectivity index (χ2n) is 6.05. The molecule has 0 amide bonds. The van der Waals surface area contributed by atoms with Crippen molar-refractivity contribution < 1.29 is 0 Å².